The third kappa shape index (κ3) is 4.84. The van der Waals surface area contributed by atoms with Crippen molar-refractivity contribution in [3.63, 3.8) is 0 Å². The quantitative estimate of drug-likeness (QED) is 0.346. The number of nitrogens with one attached hydrogen (secondary N) is 1. The number of carbonyl (C=O) groups is 1. The third-order valence-electron chi connectivity index (χ3n) is 4.43. The average molecular weight is 474 g/mol. The molecular formula is C21H20ClN5O2S2. The molecule has 1 N–H and O–H groups in total. The number of amides is 1. The minimum atomic E-state index is -0.146. The molecule has 3 heterocycles. The molecule has 0 saturated carbocycles. The summed E-state index contributed by atoms with van der Waals surface area (Å²) in [6.07, 6.45) is 2.49. The Bertz CT molecular complexity index is 1190. The van der Waals surface area contributed by atoms with E-state index in [1.54, 1.807) is 11.6 Å². The highest BCUT2D eigenvalue weighted by atomic mass is 35.5. The van der Waals surface area contributed by atoms with Gasteiger partial charge in [0.15, 0.2) is 10.9 Å². The summed E-state index contributed by atoms with van der Waals surface area (Å²) in [7, 11) is 0. The number of aryl methyl sites for hydroxylation is 1. The number of aromatic nitrogens is 4. The van der Waals surface area contributed by atoms with Crippen LogP contribution in [0.4, 0.5) is 0 Å². The number of carbonyl (C=O) groups excluding carboxylic acids is 1. The molecule has 0 fully saturated rings. The molecule has 4 aromatic rings. The summed E-state index contributed by atoms with van der Waals surface area (Å²) < 4.78 is 7.51. The van der Waals surface area contributed by atoms with Crippen LogP contribution in [0, 0.1) is 6.92 Å². The van der Waals surface area contributed by atoms with Crippen molar-refractivity contribution in [3.8, 4) is 17.3 Å². The third-order valence-corrected chi connectivity index (χ3v) is 6.64. The normalized spacial score (nSPS) is 11.1. The Labute approximate surface area is 192 Å². The highest BCUT2D eigenvalue weighted by Gasteiger charge is 2.20. The Morgan fingerprint density at radius 2 is 2.19 bits per heavy atom. The second-order valence-corrected chi connectivity index (χ2v) is 9.04. The van der Waals surface area contributed by atoms with Gasteiger partial charge in [0.05, 0.1) is 17.7 Å². The van der Waals surface area contributed by atoms with E-state index in [-0.39, 0.29) is 5.91 Å². The molecule has 0 bridgehead atoms. The molecule has 31 heavy (non-hydrogen) atoms. The summed E-state index contributed by atoms with van der Waals surface area (Å²) in [6.45, 7) is 4.66. The summed E-state index contributed by atoms with van der Waals surface area (Å²) in [5.41, 5.74) is 2.35. The molecule has 0 unspecified atom stereocenters. The van der Waals surface area contributed by atoms with E-state index in [1.165, 1.54) is 23.1 Å². The lowest BCUT2D eigenvalue weighted by Crippen LogP contribution is -2.24. The number of benzene rings is 1. The zero-order valence-corrected chi connectivity index (χ0v) is 19.4. The van der Waals surface area contributed by atoms with Gasteiger partial charge in [-0.3, -0.25) is 9.36 Å². The maximum absolute atomic E-state index is 12.1. The molecule has 0 saturated heterocycles. The molecule has 0 aliphatic heterocycles. The van der Waals surface area contributed by atoms with E-state index in [4.69, 9.17) is 16.0 Å². The molecule has 0 aliphatic rings. The largest absolute Gasteiger partial charge is 0.461 e. The van der Waals surface area contributed by atoms with Crippen molar-refractivity contribution >= 4 is 40.6 Å². The van der Waals surface area contributed by atoms with Crippen LogP contribution in [0.1, 0.15) is 34.4 Å². The molecule has 160 valence electrons. The van der Waals surface area contributed by atoms with Gasteiger partial charge in [-0.2, -0.15) is 0 Å². The molecule has 0 radical (unpaired) electrons. The zero-order chi connectivity index (χ0) is 21.8. The number of furan rings is 1. The van der Waals surface area contributed by atoms with Gasteiger partial charge in [-0.25, -0.2) is 4.98 Å². The van der Waals surface area contributed by atoms with Gasteiger partial charge in [0.2, 0.25) is 5.82 Å². The van der Waals surface area contributed by atoms with Gasteiger partial charge in [-0.05, 0) is 43.2 Å². The summed E-state index contributed by atoms with van der Waals surface area (Å²) in [5, 5.41) is 15.5. The van der Waals surface area contributed by atoms with Gasteiger partial charge in [0.25, 0.3) is 5.91 Å². The smallest absolute Gasteiger partial charge is 0.270 e. The molecule has 0 spiro atoms. The van der Waals surface area contributed by atoms with Crippen LogP contribution >= 0.6 is 34.7 Å². The van der Waals surface area contributed by atoms with Crippen molar-refractivity contribution in [1.82, 2.24) is 25.1 Å². The first kappa shape index (κ1) is 21.6. The zero-order valence-electron chi connectivity index (χ0n) is 17.0. The summed E-state index contributed by atoms with van der Waals surface area (Å²) >= 11 is 9.22. The maximum Gasteiger partial charge on any atom is 0.270 e. The topological polar surface area (TPSA) is 85.8 Å². The number of nitrogens with zero attached hydrogens (tertiary/aromatic N) is 4. The van der Waals surface area contributed by atoms with Crippen LogP contribution in [-0.2, 0) is 5.75 Å². The summed E-state index contributed by atoms with van der Waals surface area (Å²) in [5.74, 6) is 1.62. The van der Waals surface area contributed by atoms with E-state index in [9.17, 15) is 4.79 Å². The number of halogens is 1. The van der Waals surface area contributed by atoms with Crippen molar-refractivity contribution in [2.24, 2.45) is 0 Å². The van der Waals surface area contributed by atoms with E-state index < -0.39 is 0 Å². The maximum atomic E-state index is 12.1. The molecule has 0 aliphatic carbocycles. The van der Waals surface area contributed by atoms with Gasteiger partial charge < -0.3 is 9.73 Å². The van der Waals surface area contributed by atoms with Crippen LogP contribution < -0.4 is 5.32 Å². The highest BCUT2D eigenvalue weighted by molar-refractivity contribution is 7.98. The molecule has 10 heteroatoms. The van der Waals surface area contributed by atoms with Crippen LogP contribution in [0.25, 0.3) is 17.3 Å². The molecule has 0 atom stereocenters. The molecular weight excluding hydrogens is 454 g/mol. The number of thioether (sulfide) groups is 1. The minimum Gasteiger partial charge on any atom is -0.461 e. The lowest BCUT2D eigenvalue weighted by molar-refractivity contribution is 0.0949. The first-order valence-electron chi connectivity index (χ1n) is 9.68. The predicted octanol–water partition coefficient (Wildman–Crippen LogP) is 5.38. The number of thiazole rings is 1. The van der Waals surface area contributed by atoms with E-state index >= 15 is 0 Å². The number of hydrogen-bond donors (Lipinski definition) is 1. The Kier molecular flexibility index (Phi) is 6.74. The summed E-state index contributed by atoms with van der Waals surface area (Å²) in [6, 6.07) is 9.35. The van der Waals surface area contributed by atoms with Crippen LogP contribution in [0.3, 0.4) is 0 Å². The van der Waals surface area contributed by atoms with E-state index in [0.717, 1.165) is 22.7 Å². The number of rotatable bonds is 8. The van der Waals surface area contributed by atoms with Crippen molar-refractivity contribution in [2.75, 3.05) is 6.54 Å². The SMILES string of the molecule is CCCNC(=O)c1csc(CSc2nnc(-c3ccco3)n2-c2cc(Cl)ccc2C)n1. The average Bonchev–Trinajstić information content (AvgIpc) is 3.52. The standard InChI is InChI=1S/C21H20ClN5O2S2/c1-3-8-23-20(28)15-11-30-18(24-15)12-31-21-26-25-19(17-5-4-9-29-17)27(21)16-10-14(22)7-6-13(16)2/h4-7,9-11H,3,8,12H2,1-2H3,(H,23,28). The van der Waals surface area contributed by atoms with Crippen LogP contribution in [0.5, 0.6) is 0 Å². The van der Waals surface area contributed by atoms with Crippen LogP contribution in [0.15, 0.2) is 51.5 Å². The first-order chi connectivity index (χ1) is 15.1. The Balaban J connectivity index is 1.62. The van der Waals surface area contributed by atoms with E-state index in [2.05, 4.69) is 20.5 Å². The summed E-state index contributed by atoms with van der Waals surface area (Å²) in [4.78, 5) is 16.6. The van der Waals surface area contributed by atoms with Crippen molar-refractivity contribution in [1.29, 1.82) is 0 Å². The molecule has 1 amide bonds. The lowest BCUT2D eigenvalue weighted by Gasteiger charge is -2.12. The van der Waals surface area contributed by atoms with Gasteiger partial charge in [-0.1, -0.05) is 36.4 Å². The monoisotopic (exact) mass is 473 g/mol. The number of hydrogen-bond acceptors (Lipinski definition) is 7. The van der Waals surface area contributed by atoms with Crippen molar-refractivity contribution in [2.45, 2.75) is 31.2 Å². The Hall–Kier alpha value is -2.62. The minimum absolute atomic E-state index is 0.146. The van der Waals surface area contributed by atoms with Crippen LogP contribution in [-0.4, -0.2) is 32.2 Å². The fourth-order valence-corrected chi connectivity index (χ4v) is 4.81. The van der Waals surface area contributed by atoms with Gasteiger partial charge in [0, 0.05) is 16.9 Å². The van der Waals surface area contributed by atoms with E-state index in [1.807, 2.05) is 48.7 Å². The molecule has 1 aromatic carbocycles. The van der Waals surface area contributed by atoms with Gasteiger partial charge >= 0.3 is 0 Å². The van der Waals surface area contributed by atoms with Crippen LogP contribution in [0.2, 0.25) is 5.02 Å². The molecule has 7 nitrogen and oxygen atoms in total. The Morgan fingerprint density at radius 3 is 2.97 bits per heavy atom. The first-order valence-corrected chi connectivity index (χ1v) is 11.9. The van der Waals surface area contributed by atoms with Crippen molar-refractivity contribution in [3.05, 3.63) is 63.3 Å². The second-order valence-electron chi connectivity index (χ2n) is 6.72. The fraction of sp³-hybridized carbons (Fsp3) is 0.238. The van der Waals surface area contributed by atoms with Gasteiger partial charge in [-0.15, -0.1) is 21.5 Å². The van der Waals surface area contributed by atoms with E-state index in [0.29, 0.717) is 39.8 Å². The second kappa shape index (κ2) is 9.67. The lowest BCUT2D eigenvalue weighted by atomic mass is 10.2. The molecule has 3 aromatic heterocycles. The Morgan fingerprint density at radius 1 is 1.32 bits per heavy atom. The van der Waals surface area contributed by atoms with Gasteiger partial charge in [0.1, 0.15) is 10.7 Å². The van der Waals surface area contributed by atoms with Crippen molar-refractivity contribution < 1.29 is 9.21 Å². The highest BCUT2D eigenvalue weighted by Crippen LogP contribution is 2.32. The molecule has 4 rings (SSSR count). The fourth-order valence-electron chi connectivity index (χ4n) is 2.91. The predicted molar refractivity (Wildman–Crippen MR) is 123 cm³/mol.